The van der Waals surface area contributed by atoms with Gasteiger partial charge in [-0.1, -0.05) is 19.1 Å². The first-order valence-electron chi connectivity index (χ1n) is 11.8. The summed E-state index contributed by atoms with van der Waals surface area (Å²) in [6, 6.07) is 10.0. The normalized spacial score (nSPS) is 35.8. The molecular weight excluding hydrogens is 386 g/mol. The third-order valence-corrected chi connectivity index (χ3v) is 8.51. The maximum Gasteiger partial charge on any atom is 0.310 e. The van der Waals surface area contributed by atoms with E-state index in [0.29, 0.717) is 17.4 Å². The van der Waals surface area contributed by atoms with E-state index >= 15 is 0 Å². The zero-order valence-electron chi connectivity index (χ0n) is 18.6. The lowest BCUT2D eigenvalue weighted by molar-refractivity contribution is -0.146. The molecule has 164 valence electrons. The van der Waals surface area contributed by atoms with Crippen molar-refractivity contribution < 1.29 is 9.53 Å². The number of fused-ring (bicyclic) bond motifs is 2. The minimum absolute atomic E-state index is 0.00531. The molecule has 0 bridgehead atoms. The first kappa shape index (κ1) is 20.6. The Hall–Kier alpha value is -2.32. The first-order valence-corrected chi connectivity index (χ1v) is 11.8. The van der Waals surface area contributed by atoms with Gasteiger partial charge in [-0.25, -0.2) is 0 Å². The number of anilines is 1. The Labute approximate surface area is 185 Å². The van der Waals surface area contributed by atoms with Crippen LogP contribution in [0.15, 0.2) is 36.4 Å². The second-order valence-corrected chi connectivity index (χ2v) is 10.4. The van der Waals surface area contributed by atoms with Gasteiger partial charge >= 0.3 is 5.97 Å². The molecule has 0 N–H and O–H groups in total. The number of ether oxygens (including phenoxy) is 1. The van der Waals surface area contributed by atoms with E-state index in [9.17, 15) is 4.79 Å². The van der Waals surface area contributed by atoms with Crippen molar-refractivity contribution in [3.05, 3.63) is 42.0 Å². The number of allylic oxidation sites excluding steroid dienone is 1. The van der Waals surface area contributed by atoms with Gasteiger partial charge in [-0.05, 0) is 67.7 Å². The summed E-state index contributed by atoms with van der Waals surface area (Å²) >= 11 is 0. The number of nitrogens with zero attached hydrogens (tertiary/aromatic N) is 3. The van der Waals surface area contributed by atoms with Crippen LogP contribution in [0.5, 0.6) is 0 Å². The molecule has 2 saturated carbocycles. The summed E-state index contributed by atoms with van der Waals surface area (Å²) in [7, 11) is 0. The van der Waals surface area contributed by atoms with Crippen molar-refractivity contribution in [1.29, 1.82) is 5.26 Å². The molecule has 1 aromatic rings. The Bertz CT molecular complexity index is 896. The van der Waals surface area contributed by atoms with E-state index in [2.05, 4.69) is 29.4 Å². The number of piperazine rings is 1. The highest BCUT2D eigenvalue weighted by molar-refractivity contribution is 5.75. The molecule has 0 spiro atoms. The summed E-state index contributed by atoms with van der Waals surface area (Å²) in [6.07, 6.45) is 5.79. The van der Waals surface area contributed by atoms with Gasteiger partial charge in [-0.2, -0.15) is 5.26 Å². The third-order valence-electron chi connectivity index (χ3n) is 8.51. The van der Waals surface area contributed by atoms with Crippen LogP contribution in [-0.2, 0) is 9.53 Å². The first-order chi connectivity index (χ1) is 15.0. The lowest BCUT2D eigenvalue weighted by Crippen LogP contribution is -2.50. The van der Waals surface area contributed by atoms with Gasteiger partial charge in [-0.15, -0.1) is 0 Å². The van der Waals surface area contributed by atoms with Gasteiger partial charge in [0.15, 0.2) is 0 Å². The predicted octanol–water partition coefficient (Wildman–Crippen LogP) is 3.99. The maximum absolute atomic E-state index is 12.8. The molecule has 2 heterocycles. The maximum atomic E-state index is 12.8. The molecule has 0 unspecified atom stereocenters. The molecule has 31 heavy (non-hydrogen) atoms. The van der Waals surface area contributed by atoms with Crippen molar-refractivity contribution in [3.8, 4) is 6.07 Å². The number of benzene rings is 1. The molecule has 5 nitrogen and oxygen atoms in total. The Kier molecular flexibility index (Phi) is 5.30. The molecule has 4 aliphatic rings. The zero-order chi connectivity index (χ0) is 21.6. The minimum atomic E-state index is 0.00531. The Morgan fingerprint density at radius 3 is 2.68 bits per heavy atom. The van der Waals surface area contributed by atoms with Crippen molar-refractivity contribution in [1.82, 2.24) is 4.90 Å². The molecule has 0 radical (unpaired) electrons. The minimum Gasteiger partial charge on any atom is -0.462 e. The Morgan fingerprint density at radius 2 is 1.97 bits per heavy atom. The topological polar surface area (TPSA) is 56.6 Å². The smallest absolute Gasteiger partial charge is 0.310 e. The lowest BCUT2D eigenvalue weighted by atomic mass is 9.55. The Balaban J connectivity index is 1.21. The summed E-state index contributed by atoms with van der Waals surface area (Å²) < 4.78 is 5.95. The SMILES string of the molecule is C=C1CCC[C@]2(C)C[C@H]3OC(=O)[C@H](CN4CCN(c5ccc(C#N)cc5)CC4)[C@@H]3C[C@@H]12. The molecule has 1 aromatic carbocycles. The molecule has 5 heteroatoms. The second-order valence-electron chi connectivity index (χ2n) is 10.4. The molecule has 2 aliphatic heterocycles. The number of nitriles is 1. The van der Waals surface area contributed by atoms with E-state index < -0.39 is 0 Å². The third kappa shape index (κ3) is 3.76. The standard InChI is InChI=1S/C26H33N3O2/c1-18-4-3-9-26(2)15-24-21(14-23(18)26)22(25(30)31-24)17-28-10-12-29(13-11-28)20-7-5-19(16-27)6-8-20/h5-8,21-24H,1,3-4,9-15,17H2,2H3/t21-,22+,23-,24+,26+/m0/s1. The van der Waals surface area contributed by atoms with Crippen LogP contribution < -0.4 is 4.90 Å². The van der Waals surface area contributed by atoms with Crippen molar-refractivity contribution in [2.45, 2.75) is 45.1 Å². The van der Waals surface area contributed by atoms with Crippen LogP contribution in [-0.4, -0.2) is 49.7 Å². The van der Waals surface area contributed by atoms with E-state index in [1.807, 2.05) is 24.3 Å². The van der Waals surface area contributed by atoms with E-state index in [1.54, 1.807) is 0 Å². The summed E-state index contributed by atoms with van der Waals surface area (Å²) in [5, 5.41) is 8.99. The van der Waals surface area contributed by atoms with E-state index in [4.69, 9.17) is 10.00 Å². The van der Waals surface area contributed by atoms with Crippen molar-refractivity contribution >= 4 is 11.7 Å². The van der Waals surface area contributed by atoms with Crippen molar-refractivity contribution in [2.24, 2.45) is 23.2 Å². The fourth-order valence-electron chi connectivity index (χ4n) is 6.68. The van der Waals surface area contributed by atoms with Crippen LogP contribution in [0.3, 0.4) is 0 Å². The van der Waals surface area contributed by atoms with Gasteiger partial charge in [0, 0.05) is 44.3 Å². The van der Waals surface area contributed by atoms with E-state index in [0.717, 1.165) is 52.0 Å². The summed E-state index contributed by atoms with van der Waals surface area (Å²) in [5.74, 6) is 0.924. The van der Waals surface area contributed by atoms with Crippen LogP contribution >= 0.6 is 0 Å². The molecule has 0 aromatic heterocycles. The van der Waals surface area contributed by atoms with Crippen LogP contribution in [0.1, 0.15) is 44.6 Å². The fourth-order valence-corrected chi connectivity index (χ4v) is 6.68. The average molecular weight is 420 g/mol. The van der Waals surface area contributed by atoms with Crippen LogP contribution in [0.2, 0.25) is 0 Å². The summed E-state index contributed by atoms with van der Waals surface area (Å²) in [4.78, 5) is 17.7. The van der Waals surface area contributed by atoms with Gasteiger partial charge in [0.1, 0.15) is 6.10 Å². The van der Waals surface area contributed by atoms with Crippen LogP contribution in [0, 0.1) is 34.5 Å². The zero-order valence-corrected chi connectivity index (χ0v) is 18.6. The number of carbonyl (C=O) groups is 1. The molecule has 2 aliphatic carbocycles. The van der Waals surface area contributed by atoms with E-state index in [1.165, 1.54) is 24.1 Å². The second kappa shape index (κ2) is 7.98. The highest BCUT2D eigenvalue weighted by Crippen LogP contribution is 2.56. The average Bonchev–Trinajstić information content (AvgIpc) is 3.06. The van der Waals surface area contributed by atoms with Crippen molar-refractivity contribution in [2.75, 3.05) is 37.6 Å². The predicted molar refractivity (Wildman–Crippen MR) is 120 cm³/mol. The molecule has 0 amide bonds. The number of rotatable bonds is 3. The van der Waals surface area contributed by atoms with E-state index in [-0.39, 0.29) is 23.4 Å². The molecule has 4 fully saturated rings. The van der Waals surface area contributed by atoms with Gasteiger partial charge < -0.3 is 9.64 Å². The van der Waals surface area contributed by atoms with Gasteiger partial charge in [0.25, 0.3) is 0 Å². The van der Waals surface area contributed by atoms with Crippen LogP contribution in [0.4, 0.5) is 5.69 Å². The lowest BCUT2D eigenvalue weighted by Gasteiger charge is -2.50. The quantitative estimate of drug-likeness (QED) is 0.548. The molecule has 2 saturated heterocycles. The van der Waals surface area contributed by atoms with Gasteiger partial charge in [0.05, 0.1) is 17.6 Å². The number of hydrogen-bond acceptors (Lipinski definition) is 5. The monoisotopic (exact) mass is 419 g/mol. The van der Waals surface area contributed by atoms with Crippen molar-refractivity contribution in [3.63, 3.8) is 0 Å². The van der Waals surface area contributed by atoms with Crippen LogP contribution in [0.25, 0.3) is 0 Å². The summed E-state index contributed by atoms with van der Waals surface area (Å²) in [5.41, 5.74) is 3.53. The highest BCUT2D eigenvalue weighted by atomic mass is 16.6. The summed E-state index contributed by atoms with van der Waals surface area (Å²) in [6.45, 7) is 11.4. The van der Waals surface area contributed by atoms with Gasteiger partial charge in [0.2, 0.25) is 0 Å². The Morgan fingerprint density at radius 1 is 1.23 bits per heavy atom. The highest BCUT2D eigenvalue weighted by Gasteiger charge is 2.55. The largest absolute Gasteiger partial charge is 0.462 e. The number of hydrogen-bond donors (Lipinski definition) is 0. The van der Waals surface area contributed by atoms with Gasteiger partial charge in [-0.3, -0.25) is 9.69 Å². The molecule has 5 atom stereocenters. The molecule has 5 rings (SSSR count). The fraction of sp³-hybridized carbons (Fsp3) is 0.615. The number of carbonyl (C=O) groups excluding carboxylic acids is 1. The molecular formula is C26H33N3O2. The number of esters is 1.